The molecule has 0 aliphatic heterocycles. The Morgan fingerprint density at radius 3 is 2.12 bits per heavy atom. The van der Waals surface area contributed by atoms with Crippen LogP contribution in [0.15, 0.2) is 66.4 Å². The zero-order chi connectivity index (χ0) is 23.6. The summed E-state index contributed by atoms with van der Waals surface area (Å²) in [6, 6.07) is 18.7. The van der Waals surface area contributed by atoms with Gasteiger partial charge in [0.05, 0.1) is 11.9 Å². The molecule has 0 saturated heterocycles. The molecule has 33 heavy (non-hydrogen) atoms. The van der Waals surface area contributed by atoms with Gasteiger partial charge in [0, 0.05) is 11.8 Å². The molecular formula is C29H33N3O. The summed E-state index contributed by atoms with van der Waals surface area (Å²) in [4.78, 5) is 12.7. The Morgan fingerprint density at radius 2 is 1.58 bits per heavy atom. The molecular weight excluding hydrogens is 406 g/mol. The lowest BCUT2D eigenvalue weighted by Gasteiger charge is -2.31. The normalized spacial score (nSPS) is 24.0. The highest BCUT2D eigenvalue weighted by Crippen LogP contribution is 2.65. The van der Waals surface area contributed by atoms with Crippen LogP contribution in [0.3, 0.4) is 0 Å². The smallest absolute Gasteiger partial charge is 0.165 e. The topological polar surface area (TPSA) is 55.7 Å². The van der Waals surface area contributed by atoms with E-state index in [4.69, 9.17) is 0 Å². The van der Waals surface area contributed by atoms with E-state index in [9.17, 15) is 4.79 Å². The van der Waals surface area contributed by atoms with Crippen molar-refractivity contribution >= 4 is 11.9 Å². The summed E-state index contributed by atoms with van der Waals surface area (Å²) in [6.45, 7) is 10.8. The number of aromatic nitrogens is 3. The number of nitrogens with zero attached hydrogens (tertiary/aromatic N) is 3. The van der Waals surface area contributed by atoms with Crippen LogP contribution in [0.1, 0.15) is 61.6 Å². The van der Waals surface area contributed by atoms with Gasteiger partial charge >= 0.3 is 0 Å². The highest BCUT2D eigenvalue weighted by atomic mass is 16.1. The molecule has 4 heteroatoms. The van der Waals surface area contributed by atoms with Crippen LogP contribution >= 0.6 is 0 Å². The minimum absolute atomic E-state index is 0.112. The summed E-state index contributed by atoms with van der Waals surface area (Å²) >= 11 is 0. The standard InChI is InChI=1S/C18H22O.C11H11N3/c1-12-5-7-13(8-6-12)11-14-15-9-10-18(4,16(14)19)17(15,2)3;1-9-2-4-10(5-3-9)8-11-6-7-12-14-13-11/h5-8,11,15H,9-10H2,1-4H3;2-7H,8H2,1H3. The first kappa shape index (κ1) is 23.0. The van der Waals surface area contributed by atoms with Gasteiger partial charge in [-0.3, -0.25) is 4.79 Å². The van der Waals surface area contributed by atoms with Crippen molar-refractivity contribution in [1.29, 1.82) is 0 Å². The Morgan fingerprint density at radius 1 is 0.939 bits per heavy atom. The van der Waals surface area contributed by atoms with E-state index in [1.165, 1.54) is 16.7 Å². The van der Waals surface area contributed by atoms with Crippen molar-refractivity contribution in [2.45, 2.75) is 53.9 Å². The quantitative estimate of drug-likeness (QED) is 0.458. The number of ketones is 1. The molecule has 3 aromatic rings. The van der Waals surface area contributed by atoms with E-state index in [2.05, 4.69) is 105 Å². The molecule has 2 aliphatic rings. The zero-order valence-corrected chi connectivity index (χ0v) is 20.3. The van der Waals surface area contributed by atoms with E-state index in [1.807, 2.05) is 6.07 Å². The van der Waals surface area contributed by atoms with Crippen LogP contribution in [0, 0.1) is 30.6 Å². The number of allylic oxidation sites excluding steroid dienone is 1. The monoisotopic (exact) mass is 439 g/mol. The molecule has 0 N–H and O–H groups in total. The predicted molar refractivity (Wildman–Crippen MR) is 133 cm³/mol. The van der Waals surface area contributed by atoms with E-state index in [0.717, 1.165) is 36.1 Å². The second kappa shape index (κ2) is 9.01. The summed E-state index contributed by atoms with van der Waals surface area (Å²) in [5.74, 6) is 0.820. The summed E-state index contributed by atoms with van der Waals surface area (Å²) in [5.41, 5.74) is 6.90. The molecule has 2 saturated carbocycles. The molecule has 170 valence electrons. The number of rotatable bonds is 3. The fourth-order valence-electron chi connectivity index (χ4n) is 5.21. The fraction of sp³-hybridized carbons (Fsp3) is 0.379. The molecule has 2 aromatic carbocycles. The molecule has 5 rings (SSSR count). The summed E-state index contributed by atoms with van der Waals surface area (Å²) in [5, 5.41) is 11.2. The first-order valence-corrected chi connectivity index (χ1v) is 11.7. The largest absolute Gasteiger partial charge is 0.294 e. The number of carbonyl (C=O) groups is 1. The lowest BCUT2D eigenvalue weighted by molar-refractivity contribution is -0.125. The zero-order valence-electron chi connectivity index (χ0n) is 20.3. The number of hydrogen-bond donors (Lipinski definition) is 0. The predicted octanol–water partition coefficient (Wildman–Crippen LogP) is 6.17. The Bertz CT molecular complexity index is 1150. The maximum Gasteiger partial charge on any atom is 0.165 e. The van der Waals surface area contributed by atoms with Gasteiger partial charge in [0.1, 0.15) is 0 Å². The first-order chi connectivity index (χ1) is 15.7. The van der Waals surface area contributed by atoms with Crippen molar-refractivity contribution in [2.24, 2.45) is 16.7 Å². The number of aryl methyl sites for hydroxylation is 2. The van der Waals surface area contributed by atoms with Crippen LogP contribution < -0.4 is 0 Å². The molecule has 2 fully saturated rings. The maximum atomic E-state index is 12.7. The molecule has 2 aliphatic carbocycles. The van der Waals surface area contributed by atoms with Crippen LogP contribution in [0.4, 0.5) is 0 Å². The van der Waals surface area contributed by atoms with E-state index in [-0.39, 0.29) is 10.8 Å². The van der Waals surface area contributed by atoms with Crippen LogP contribution in [-0.4, -0.2) is 21.2 Å². The number of fused-ring (bicyclic) bond motifs is 2. The molecule has 1 aromatic heterocycles. The van der Waals surface area contributed by atoms with Crippen molar-refractivity contribution < 1.29 is 4.79 Å². The molecule has 0 spiro atoms. The third-order valence-corrected chi connectivity index (χ3v) is 7.83. The van der Waals surface area contributed by atoms with Crippen LogP contribution in [0.25, 0.3) is 6.08 Å². The van der Waals surface area contributed by atoms with Crippen LogP contribution in [0.5, 0.6) is 0 Å². The van der Waals surface area contributed by atoms with Crippen molar-refractivity contribution in [2.75, 3.05) is 0 Å². The maximum absolute atomic E-state index is 12.7. The Kier molecular flexibility index (Phi) is 6.29. The molecule has 4 nitrogen and oxygen atoms in total. The summed E-state index contributed by atoms with van der Waals surface area (Å²) in [6.07, 6.45) is 6.81. The average molecular weight is 440 g/mol. The molecule has 1 heterocycles. The van der Waals surface area contributed by atoms with Gasteiger partial charge in [-0.1, -0.05) is 80.4 Å². The Labute approximate surface area is 197 Å². The molecule has 2 unspecified atom stereocenters. The van der Waals surface area contributed by atoms with E-state index < -0.39 is 0 Å². The average Bonchev–Trinajstić information content (AvgIpc) is 3.12. The van der Waals surface area contributed by atoms with Crippen molar-refractivity contribution in [3.8, 4) is 0 Å². The van der Waals surface area contributed by atoms with Gasteiger partial charge < -0.3 is 0 Å². The van der Waals surface area contributed by atoms with Crippen molar-refractivity contribution in [3.05, 3.63) is 94.3 Å². The van der Waals surface area contributed by atoms with Crippen LogP contribution in [-0.2, 0) is 11.2 Å². The Hall–Kier alpha value is -3.14. The van der Waals surface area contributed by atoms with Gasteiger partial charge in [-0.05, 0) is 72.1 Å². The van der Waals surface area contributed by atoms with E-state index in [0.29, 0.717) is 11.7 Å². The highest BCUT2D eigenvalue weighted by molar-refractivity contribution is 6.07. The molecule has 2 bridgehead atoms. The third kappa shape index (κ3) is 4.52. The van der Waals surface area contributed by atoms with Gasteiger partial charge in [0.2, 0.25) is 0 Å². The van der Waals surface area contributed by atoms with Crippen molar-refractivity contribution in [1.82, 2.24) is 15.4 Å². The van der Waals surface area contributed by atoms with E-state index >= 15 is 0 Å². The van der Waals surface area contributed by atoms with Gasteiger partial charge in [-0.2, -0.15) is 0 Å². The number of carbonyl (C=O) groups excluding carboxylic acids is 1. The summed E-state index contributed by atoms with van der Waals surface area (Å²) < 4.78 is 0. The SMILES string of the molecule is Cc1ccc(C=C2C(=O)C3(C)CCC2C3(C)C)cc1.Cc1ccc(Cc2ccnnn2)cc1. The van der Waals surface area contributed by atoms with Gasteiger partial charge in [0.15, 0.2) is 5.78 Å². The lowest BCUT2D eigenvalue weighted by atomic mass is 9.70. The molecule has 0 radical (unpaired) electrons. The number of Topliss-reactive ketones (excluding diaryl/α,β-unsaturated/α-hetero) is 1. The lowest BCUT2D eigenvalue weighted by Crippen LogP contribution is -2.32. The molecule has 0 amide bonds. The second-order valence-corrected chi connectivity index (χ2v) is 10.3. The summed E-state index contributed by atoms with van der Waals surface area (Å²) in [7, 11) is 0. The van der Waals surface area contributed by atoms with Crippen molar-refractivity contribution in [3.63, 3.8) is 0 Å². The minimum atomic E-state index is -0.145. The number of hydrogen-bond acceptors (Lipinski definition) is 4. The third-order valence-electron chi connectivity index (χ3n) is 7.83. The second-order valence-electron chi connectivity index (χ2n) is 10.3. The number of benzene rings is 2. The minimum Gasteiger partial charge on any atom is -0.294 e. The first-order valence-electron chi connectivity index (χ1n) is 11.7. The Balaban J connectivity index is 0.000000165. The molecule has 2 atom stereocenters. The fourth-order valence-corrected chi connectivity index (χ4v) is 5.21. The van der Waals surface area contributed by atoms with Gasteiger partial charge in [-0.25, -0.2) is 0 Å². The van der Waals surface area contributed by atoms with E-state index in [1.54, 1.807) is 6.20 Å². The van der Waals surface area contributed by atoms with Gasteiger partial charge in [-0.15, -0.1) is 10.2 Å². The van der Waals surface area contributed by atoms with Crippen LogP contribution in [0.2, 0.25) is 0 Å². The highest BCUT2D eigenvalue weighted by Gasteiger charge is 2.63. The van der Waals surface area contributed by atoms with Gasteiger partial charge in [0.25, 0.3) is 0 Å².